The third-order valence-corrected chi connectivity index (χ3v) is 5.67. The number of fused-ring (bicyclic) bond motifs is 2. The van der Waals surface area contributed by atoms with E-state index >= 15 is 0 Å². The Morgan fingerprint density at radius 3 is 1.58 bits per heavy atom. The van der Waals surface area contributed by atoms with Gasteiger partial charge in [0.2, 0.25) is 0 Å². The second kappa shape index (κ2) is 10.3. The minimum atomic E-state index is -0.282. The van der Waals surface area contributed by atoms with Gasteiger partial charge in [-0.25, -0.2) is 0 Å². The molecule has 0 aliphatic heterocycles. The predicted molar refractivity (Wildman–Crippen MR) is 133 cm³/mol. The summed E-state index contributed by atoms with van der Waals surface area (Å²) in [6, 6.07) is 23.5. The maximum absolute atomic E-state index is 12.6. The third-order valence-electron chi connectivity index (χ3n) is 5.67. The largest absolute Gasteiger partial charge is 0.426 e. The molecule has 4 aromatic rings. The number of hydrogen-bond donors (Lipinski definition) is 0. The van der Waals surface area contributed by atoms with Gasteiger partial charge in [0.05, 0.1) is 0 Å². The fraction of sp³-hybridized carbons (Fsp3) is 0.241. The second-order valence-electron chi connectivity index (χ2n) is 8.12. The van der Waals surface area contributed by atoms with Crippen molar-refractivity contribution < 1.29 is 19.1 Å². The molecule has 0 saturated carbocycles. The molecule has 0 radical (unpaired) electrons. The van der Waals surface area contributed by atoms with Gasteiger partial charge in [-0.15, -0.1) is 0 Å². The molecule has 4 heteroatoms. The van der Waals surface area contributed by atoms with E-state index in [-0.39, 0.29) is 11.9 Å². The molecule has 33 heavy (non-hydrogen) atoms. The molecule has 4 rings (SSSR count). The SMILES string of the molecule is CCCCC(=O)Oc1ccc2ccccc2c1-c1c(OC(=O)CCC)ccc2ccccc12. The normalized spacial score (nSPS) is 11.0. The van der Waals surface area contributed by atoms with Crippen LogP contribution in [0.1, 0.15) is 46.0 Å². The van der Waals surface area contributed by atoms with E-state index in [0.29, 0.717) is 30.8 Å². The van der Waals surface area contributed by atoms with E-state index in [1.165, 1.54) is 0 Å². The van der Waals surface area contributed by atoms with Crippen LogP contribution < -0.4 is 9.47 Å². The van der Waals surface area contributed by atoms with Crippen LogP contribution in [0.15, 0.2) is 72.8 Å². The molecular formula is C29H28O4. The first kappa shape index (κ1) is 22.5. The van der Waals surface area contributed by atoms with E-state index in [1.807, 2.05) is 86.6 Å². The number of rotatable bonds is 8. The van der Waals surface area contributed by atoms with Crippen molar-refractivity contribution >= 4 is 33.5 Å². The molecule has 4 nitrogen and oxygen atoms in total. The lowest BCUT2D eigenvalue weighted by molar-refractivity contribution is -0.135. The minimum absolute atomic E-state index is 0.266. The Morgan fingerprint density at radius 2 is 1.09 bits per heavy atom. The molecular weight excluding hydrogens is 412 g/mol. The lowest BCUT2D eigenvalue weighted by Gasteiger charge is -2.18. The highest BCUT2D eigenvalue weighted by Gasteiger charge is 2.21. The number of carbonyl (C=O) groups excluding carboxylic acids is 2. The van der Waals surface area contributed by atoms with Crippen LogP contribution in [-0.2, 0) is 9.59 Å². The summed E-state index contributed by atoms with van der Waals surface area (Å²) < 4.78 is 11.7. The Kier molecular flexibility index (Phi) is 7.04. The molecule has 0 saturated heterocycles. The Balaban J connectivity index is 1.98. The standard InChI is InChI=1S/C29H28O4/c1-3-5-15-27(31)33-25-19-17-21-12-7-9-14-23(21)29(25)28-22-13-8-6-11-20(22)16-18-24(28)32-26(30)10-4-2/h6-9,11-14,16-19H,3-5,10,15H2,1-2H3. The molecule has 0 atom stereocenters. The van der Waals surface area contributed by atoms with Gasteiger partial charge in [0.25, 0.3) is 0 Å². The van der Waals surface area contributed by atoms with Crippen LogP contribution in [0.4, 0.5) is 0 Å². The number of unbranched alkanes of at least 4 members (excludes halogenated alkanes) is 1. The van der Waals surface area contributed by atoms with Crippen molar-refractivity contribution in [2.45, 2.75) is 46.0 Å². The lowest BCUT2D eigenvalue weighted by Crippen LogP contribution is -2.10. The topological polar surface area (TPSA) is 52.6 Å². The first-order valence-corrected chi connectivity index (χ1v) is 11.6. The first-order chi connectivity index (χ1) is 16.1. The van der Waals surface area contributed by atoms with E-state index in [1.54, 1.807) is 0 Å². The number of benzene rings is 4. The number of esters is 2. The van der Waals surface area contributed by atoms with Crippen LogP contribution in [-0.4, -0.2) is 11.9 Å². The zero-order chi connectivity index (χ0) is 23.2. The zero-order valence-electron chi connectivity index (χ0n) is 19.1. The van der Waals surface area contributed by atoms with Gasteiger partial charge in [0.15, 0.2) is 0 Å². The van der Waals surface area contributed by atoms with Crippen molar-refractivity contribution in [1.29, 1.82) is 0 Å². The monoisotopic (exact) mass is 440 g/mol. The lowest BCUT2D eigenvalue weighted by atomic mass is 9.92. The first-order valence-electron chi connectivity index (χ1n) is 11.6. The highest BCUT2D eigenvalue weighted by molar-refractivity contribution is 6.10. The van der Waals surface area contributed by atoms with E-state index in [9.17, 15) is 9.59 Å². The van der Waals surface area contributed by atoms with Gasteiger partial charge < -0.3 is 9.47 Å². The van der Waals surface area contributed by atoms with E-state index in [0.717, 1.165) is 45.5 Å². The smallest absolute Gasteiger partial charge is 0.311 e. The Hall–Kier alpha value is -3.66. The molecule has 0 aliphatic carbocycles. The fourth-order valence-corrected chi connectivity index (χ4v) is 4.06. The number of carbonyl (C=O) groups is 2. The average Bonchev–Trinajstić information content (AvgIpc) is 2.83. The summed E-state index contributed by atoms with van der Waals surface area (Å²) in [6.45, 7) is 3.99. The summed E-state index contributed by atoms with van der Waals surface area (Å²) in [5.41, 5.74) is 1.52. The van der Waals surface area contributed by atoms with E-state index in [2.05, 4.69) is 0 Å². The zero-order valence-corrected chi connectivity index (χ0v) is 19.1. The van der Waals surface area contributed by atoms with Gasteiger partial charge in [-0.05, 0) is 46.5 Å². The van der Waals surface area contributed by atoms with Gasteiger partial charge in [-0.1, -0.05) is 80.9 Å². The maximum atomic E-state index is 12.6. The summed E-state index contributed by atoms with van der Waals surface area (Å²) in [5.74, 6) is 0.391. The minimum Gasteiger partial charge on any atom is -0.426 e. The molecule has 0 N–H and O–H groups in total. The van der Waals surface area contributed by atoms with Crippen molar-refractivity contribution in [2.24, 2.45) is 0 Å². The summed E-state index contributed by atoms with van der Waals surface area (Å²) in [7, 11) is 0. The van der Waals surface area contributed by atoms with E-state index < -0.39 is 0 Å². The third kappa shape index (κ3) is 4.90. The van der Waals surface area contributed by atoms with Crippen LogP contribution in [0, 0.1) is 0 Å². The van der Waals surface area contributed by atoms with Crippen molar-refractivity contribution in [1.82, 2.24) is 0 Å². The summed E-state index contributed by atoms with van der Waals surface area (Å²) in [5, 5.41) is 3.89. The van der Waals surface area contributed by atoms with Crippen molar-refractivity contribution in [3.63, 3.8) is 0 Å². The predicted octanol–water partition coefficient (Wildman–Crippen LogP) is 7.46. The number of hydrogen-bond acceptors (Lipinski definition) is 4. The highest BCUT2D eigenvalue weighted by Crippen LogP contribution is 2.45. The Morgan fingerprint density at radius 1 is 0.606 bits per heavy atom. The van der Waals surface area contributed by atoms with Crippen LogP contribution >= 0.6 is 0 Å². The van der Waals surface area contributed by atoms with Gasteiger partial charge in [0, 0.05) is 24.0 Å². The molecule has 0 heterocycles. The summed E-state index contributed by atoms with van der Waals surface area (Å²) in [4.78, 5) is 25.1. The van der Waals surface area contributed by atoms with Crippen LogP contribution in [0.2, 0.25) is 0 Å². The van der Waals surface area contributed by atoms with Gasteiger partial charge in [0.1, 0.15) is 11.5 Å². The van der Waals surface area contributed by atoms with Gasteiger partial charge >= 0.3 is 11.9 Å². The molecule has 168 valence electrons. The molecule has 0 unspecified atom stereocenters. The molecule has 4 aromatic carbocycles. The Labute approximate surface area is 194 Å². The van der Waals surface area contributed by atoms with Crippen LogP contribution in [0.3, 0.4) is 0 Å². The highest BCUT2D eigenvalue weighted by atomic mass is 16.5. The van der Waals surface area contributed by atoms with Crippen molar-refractivity contribution in [3.8, 4) is 22.6 Å². The van der Waals surface area contributed by atoms with Gasteiger partial charge in [-0.3, -0.25) is 9.59 Å². The quantitative estimate of drug-likeness (QED) is 0.211. The molecule has 0 fully saturated rings. The molecule has 0 bridgehead atoms. The van der Waals surface area contributed by atoms with Crippen LogP contribution in [0.25, 0.3) is 32.7 Å². The molecule has 0 aromatic heterocycles. The molecule has 0 amide bonds. The van der Waals surface area contributed by atoms with Crippen molar-refractivity contribution in [2.75, 3.05) is 0 Å². The molecule has 0 aliphatic rings. The summed E-state index contributed by atoms with van der Waals surface area (Å²) >= 11 is 0. The average molecular weight is 441 g/mol. The summed E-state index contributed by atoms with van der Waals surface area (Å²) in [6.07, 6.45) is 3.09. The fourth-order valence-electron chi connectivity index (χ4n) is 4.06. The van der Waals surface area contributed by atoms with Crippen molar-refractivity contribution in [3.05, 3.63) is 72.8 Å². The molecule has 0 spiro atoms. The maximum Gasteiger partial charge on any atom is 0.311 e. The number of ether oxygens (including phenoxy) is 2. The van der Waals surface area contributed by atoms with Crippen LogP contribution in [0.5, 0.6) is 11.5 Å². The Bertz CT molecular complexity index is 1310. The van der Waals surface area contributed by atoms with Gasteiger partial charge in [-0.2, -0.15) is 0 Å². The second-order valence-corrected chi connectivity index (χ2v) is 8.12. The van der Waals surface area contributed by atoms with E-state index in [4.69, 9.17) is 9.47 Å².